The number of terminal acetylenes is 1. The van der Waals surface area contributed by atoms with Gasteiger partial charge in [0.1, 0.15) is 11.6 Å². The number of nitrogens with one attached hydrogen (secondary N) is 2. The third-order valence-corrected chi connectivity index (χ3v) is 9.03. The maximum absolute atomic E-state index is 12.7. The molecule has 1 aromatic heterocycles. The first-order valence-corrected chi connectivity index (χ1v) is 17.5. The summed E-state index contributed by atoms with van der Waals surface area (Å²) < 4.78 is 5.91. The minimum Gasteiger partial charge on any atom is -0.494 e. The zero-order chi connectivity index (χ0) is 34.9. The standard InChI is InChI=1S/C42H46N6O2/c1-5-6-7-8-24-48(4)25-22-43-42(49)32-12-10-31(11-13-32)41-45-37-21-18-34(28-40(37)46-41)33-14-15-35-29-38(44-39(35)27-33)30-16-19-36(20-17-30)50-26-9-23-47(2)3/h1,10-21,27-28H,6-9,22-26,29H2,2-4H3,(H,43,49)(H,45,46). The van der Waals surface area contributed by atoms with Gasteiger partial charge in [-0.2, -0.15) is 0 Å². The van der Waals surface area contributed by atoms with Crippen LogP contribution in [0.1, 0.15) is 47.2 Å². The number of aromatic nitrogens is 2. The van der Waals surface area contributed by atoms with Crippen molar-refractivity contribution in [2.45, 2.75) is 32.1 Å². The number of benzene rings is 4. The summed E-state index contributed by atoms with van der Waals surface area (Å²) >= 11 is 0. The first-order valence-electron chi connectivity index (χ1n) is 17.5. The molecule has 0 saturated heterocycles. The van der Waals surface area contributed by atoms with E-state index in [0.29, 0.717) is 18.7 Å². The second-order valence-corrected chi connectivity index (χ2v) is 13.2. The SMILES string of the molecule is C#CCCCCN(C)CCNC(=O)c1ccc(-c2nc3ccc(-c4ccc5c(c4)N=C(c4ccc(OCCCN(C)C)cc4)C5)cc3[nH]2)cc1. The Morgan fingerprint density at radius 2 is 1.60 bits per heavy atom. The number of hydrogen-bond donors (Lipinski definition) is 2. The highest BCUT2D eigenvalue weighted by molar-refractivity contribution is 6.07. The van der Waals surface area contributed by atoms with Crippen LogP contribution in [-0.2, 0) is 6.42 Å². The Bertz CT molecular complexity index is 1990. The number of unbranched alkanes of at least 4 members (excludes halogenated alkanes) is 2. The van der Waals surface area contributed by atoms with Crippen LogP contribution >= 0.6 is 0 Å². The molecule has 0 unspecified atom stereocenters. The molecular weight excluding hydrogens is 621 g/mol. The smallest absolute Gasteiger partial charge is 0.251 e. The molecule has 0 radical (unpaired) electrons. The molecule has 256 valence electrons. The minimum atomic E-state index is -0.0773. The van der Waals surface area contributed by atoms with Crippen molar-refractivity contribution in [1.29, 1.82) is 0 Å². The molecule has 0 spiro atoms. The molecule has 1 amide bonds. The van der Waals surface area contributed by atoms with Crippen molar-refractivity contribution in [3.63, 3.8) is 0 Å². The van der Waals surface area contributed by atoms with Crippen molar-refractivity contribution in [3.8, 4) is 40.6 Å². The molecule has 2 heterocycles. The molecule has 1 aliphatic heterocycles. The number of likely N-dealkylation sites (N-methyl/N-ethyl adjacent to an activating group) is 1. The molecule has 0 atom stereocenters. The van der Waals surface area contributed by atoms with Gasteiger partial charge in [0.25, 0.3) is 5.91 Å². The zero-order valence-corrected chi connectivity index (χ0v) is 29.3. The lowest BCUT2D eigenvalue weighted by Crippen LogP contribution is -2.33. The number of H-pyrrole nitrogens is 1. The Morgan fingerprint density at radius 3 is 2.38 bits per heavy atom. The summed E-state index contributed by atoms with van der Waals surface area (Å²) in [7, 11) is 6.22. The summed E-state index contributed by atoms with van der Waals surface area (Å²) in [6, 6.07) is 28.7. The second-order valence-electron chi connectivity index (χ2n) is 13.2. The number of nitrogens with zero attached hydrogens (tertiary/aromatic N) is 4. The molecule has 6 rings (SSSR count). The lowest BCUT2D eigenvalue weighted by Gasteiger charge is -2.16. The van der Waals surface area contributed by atoms with Crippen molar-refractivity contribution in [2.24, 2.45) is 4.99 Å². The van der Waals surface area contributed by atoms with E-state index < -0.39 is 0 Å². The van der Waals surface area contributed by atoms with Crippen LogP contribution in [0, 0.1) is 12.3 Å². The van der Waals surface area contributed by atoms with E-state index in [1.54, 1.807) is 0 Å². The number of rotatable bonds is 16. The summed E-state index contributed by atoms with van der Waals surface area (Å²) in [6.45, 7) is 4.08. The van der Waals surface area contributed by atoms with Crippen LogP contribution in [0.5, 0.6) is 5.75 Å². The average molecular weight is 667 g/mol. The van der Waals surface area contributed by atoms with Gasteiger partial charge in [-0.05, 0) is 124 Å². The van der Waals surface area contributed by atoms with Gasteiger partial charge < -0.3 is 24.8 Å². The maximum atomic E-state index is 12.7. The van der Waals surface area contributed by atoms with E-state index in [-0.39, 0.29) is 5.91 Å². The monoisotopic (exact) mass is 666 g/mol. The van der Waals surface area contributed by atoms with Crippen molar-refractivity contribution < 1.29 is 9.53 Å². The van der Waals surface area contributed by atoms with Crippen LogP contribution in [0.3, 0.4) is 0 Å². The molecule has 50 heavy (non-hydrogen) atoms. The lowest BCUT2D eigenvalue weighted by atomic mass is 10.00. The molecule has 4 aromatic carbocycles. The topological polar surface area (TPSA) is 85.8 Å². The predicted molar refractivity (Wildman–Crippen MR) is 204 cm³/mol. The van der Waals surface area contributed by atoms with E-state index in [9.17, 15) is 4.79 Å². The summed E-state index contributed by atoms with van der Waals surface area (Å²) in [5, 5.41) is 3.02. The zero-order valence-electron chi connectivity index (χ0n) is 29.3. The number of hydrogen-bond acceptors (Lipinski definition) is 6. The van der Waals surface area contributed by atoms with Gasteiger partial charge in [-0.25, -0.2) is 4.98 Å². The van der Waals surface area contributed by atoms with Crippen LogP contribution < -0.4 is 10.1 Å². The van der Waals surface area contributed by atoms with Gasteiger partial charge in [-0.1, -0.05) is 30.3 Å². The Labute approximate surface area is 295 Å². The highest BCUT2D eigenvalue weighted by atomic mass is 16.5. The van der Waals surface area contributed by atoms with E-state index in [4.69, 9.17) is 21.1 Å². The Balaban J connectivity index is 1.06. The van der Waals surface area contributed by atoms with E-state index in [0.717, 1.165) is 108 Å². The summed E-state index contributed by atoms with van der Waals surface area (Å²) in [5.41, 5.74) is 10.0. The van der Waals surface area contributed by atoms with Gasteiger partial charge in [0, 0.05) is 43.6 Å². The van der Waals surface area contributed by atoms with Crippen molar-refractivity contribution in [1.82, 2.24) is 25.1 Å². The number of carbonyl (C=O) groups excluding carboxylic acids is 1. The molecule has 8 nitrogen and oxygen atoms in total. The maximum Gasteiger partial charge on any atom is 0.251 e. The van der Waals surface area contributed by atoms with Gasteiger partial charge in [0.15, 0.2) is 0 Å². The average Bonchev–Trinajstić information content (AvgIpc) is 3.76. The number of carbonyl (C=O) groups is 1. The van der Waals surface area contributed by atoms with Gasteiger partial charge >= 0.3 is 0 Å². The first kappa shape index (κ1) is 34.6. The predicted octanol–water partition coefficient (Wildman–Crippen LogP) is 7.37. The highest BCUT2D eigenvalue weighted by Crippen LogP contribution is 2.35. The summed E-state index contributed by atoms with van der Waals surface area (Å²) in [6.07, 6.45) is 10.0. The van der Waals surface area contributed by atoms with Crippen molar-refractivity contribution >= 4 is 28.3 Å². The molecule has 0 fully saturated rings. The highest BCUT2D eigenvalue weighted by Gasteiger charge is 2.18. The number of amides is 1. The van der Waals surface area contributed by atoms with Crippen LogP contribution in [0.2, 0.25) is 0 Å². The first-order chi connectivity index (χ1) is 24.4. The third kappa shape index (κ3) is 8.86. The number of aromatic amines is 1. The normalized spacial score (nSPS) is 12.3. The largest absolute Gasteiger partial charge is 0.494 e. The van der Waals surface area contributed by atoms with Crippen LogP contribution in [0.15, 0.2) is 89.9 Å². The Morgan fingerprint density at radius 1 is 0.860 bits per heavy atom. The van der Waals surface area contributed by atoms with E-state index >= 15 is 0 Å². The fraction of sp³-hybridized carbons (Fsp3) is 0.310. The Hall–Kier alpha value is -5.23. The molecule has 0 saturated carbocycles. The van der Waals surface area contributed by atoms with Crippen LogP contribution in [0.4, 0.5) is 5.69 Å². The number of fused-ring (bicyclic) bond motifs is 2. The molecule has 8 heteroatoms. The molecular formula is C42H46N6O2. The second kappa shape index (κ2) is 16.4. The molecule has 0 bridgehead atoms. The van der Waals surface area contributed by atoms with Gasteiger partial charge in [0.2, 0.25) is 0 Å². The van der Waals surface area contributed by atoms with Gasteiger partial charge in [0.05, 0.1) is 29.0 Å². The van der Waals surface area contributed by atoms with Crippen LogP contribution in [0.25, 0.3) is 33.5 Å². The number of aliphatic imine (C=N–C) groups is 1. The Kier molecular flexibility index (Phi) is 11.4. The van der Waals surface area contributed by atoms with Crippen molar-refractivity contribution in [2.75, 3.05) is 53.9 Å². The molecule has 0 aliphatic carbocycles. The molecule has 2 N–H and O–H groups in total. The number of imidazole rings is 1. The fourth-order valence-electron chi connectivity index (χ4n) is 6.13. The minimum absolute atomic E-state index is 0.0773. The van der Waals surface area contributed by atoms with E-state index in [1.165, 1.54) is 5.56 Å². The van der Waals surface area contributed by atoms with Crippen molar-refractivity contribution in [3.05, 3.63) is 102 Å². The quantitative estimate of drug-likeness (QED) is 0.0849. The molecule has 1 aliphatic rings. The number of ether oxygens (including phenoxy) is 1. The van der Waals surface area contributed by atoms with E-state index in [2.05, 4.69) is 89.6 Å². The van der Waals surface area contributed by atoms with E-state index in [1.807, 2.05) is 42.5 Å². The van der Waals surface area contributed by atoms with Crippen LogP contribution in [-0.4, -0.2) is 85.3 Å². The van der Waals surface area contributed by atoms with Gasteiger partial charge in [-0.3, -0.25) is 9.79 Å². The molecule has 5 aromatic rings. The van der Waals surface area contributed by atoms with Gasteiger partial charge in [-0.15, -0.1) is 12.3 Å². The summed E-state index contributed by atoms with van der Waals surface area (Å²) in [5.74, 6) is 4.26. The summed E-state index contributed by atoms with van der Waals surface area (Å²) in [4.78, 5) is 30.4. The third-order valence-electron chi connectivity index (χ3n) is 9.03. The fourth-order valence-corrected chi connectivity index (χ4v) is 6.13. The lowest BCUT2D eigenvalue weighted by molar-refractivity contribution is 0.0950.